The van der Waals surface area contributed by atoms with Gasteiger partial charge in [-0.25, -0.2) is 0 Å². The average Bonchev–Trinajstić information content (AvgIpc) is 3.09. The molecule has 0 bridgehead atoms. The molecule has 0 saturated carbocycles. The molecule has 2 aliphatic heterocycles. The monoisotopic (exact) mass is 212 g/mol. The Morgan fingerprint density at radius 3 is 2.13 bits per heavy atom. The van der Waals surface area contributed by atoms with Gasteiger partial charge in [0, 0.05) is 0 Å². The van der Waals surface area contributed by atoms with Crippen molar-refractivity contribution in [2.45, 2.75) is 70.4 Å². The van der Waals surface area contributed by atoms with Crippen molar-refractivity contribution in [2.75, 3.05) is 0 Å². The molecule has 0 aliphatic carbocycles. The first-order valence-electron chi connectivity index (χ1n) is 6.12. The fourth-order valence-corrected chi connectivity index (χ4v) is 2.08. The van der Waals surface area contributed by atoms with E-state index in [0.29, 0.717) is 0 Å². The van der Waals surface area contributed by atoms with Crippen LogP contribution < -0.4 is 0 Å². The molecule has 0 aromatic carbocycles. The molecule has 0 N–H and O–H groups in total. The lowest BCUT2D eigenvalue weighted by Crippen LogP contribution is -2.18. The zero-order valence-corrected chi connectivity index (χ0v) is 9.57. The van der Waals surface area contributed by atoms with E-state index in [-0.39, 0.29) is 30.2 Å². The highest BCUT2D eigenvalue weighted by Crippen LogP contribution is 2.36. The third-order valence-electron chi connectivity index (χ3n) is 3.14. The summed E-state index contributed by atoms with van der Waals surface area (Å²) < 4.78 is 10.7. The van der Waals surface area contributed by atoms with Gasteiger partial charge < -0.3 is 9.47 Å². The van der Waals surface area contributed by atoms with Crippen LogP contribution >= 0.6 is 0 Å². The van der Waals surface area contributed by atoms with Crippen LogP contribution in [0.4, 0.5) is 0 Å². The summed E-state index contributed by atoms with van der Waals surface area (Å²) in [6.45, 7) is 4.27. The molecule has 0 aromatic heterocycles. The van der Waals surface area contributed by atoms with E-state index in [9.17, 15) is 4.79 Å². The van der Waals surface area contributed by atoms with Gasteiger partial charge in [0.05, 0.1) is 12.2 Å². The van der Waals surface area contributed by atoms with Crippen LogP contribution in [0.1, 0.15) is 46.0 Å². The molecular weight excluding hydrogens is 192 g/mol. The summed E-state index contributed by atoms with van der Waals surface area (Å²) in [6, 6.07) is 0. The summed E-state index contributed by atoms with van der Waals surface area (Å²) in [4.78, 5) is 11.8. The molecule has 3 nitrogen and oxygen atoms in total. The maximum atomic E-state index is 11.8. The lowest BCUT2D eigenvalue weighted by Gasteiger charge is -1.92. The van der Waals surface area contributed by atoms with Crippen LogP contribution in [0, 0.1) is 0 Å². The van der Waals surface area contributed by atoms with Crippen molar-refractivity contribution in [1.82, 2.24) is 0 Å². The van der Waals surface area contributed by atoms with Gasteiger partial charge in [-0.15, -0.1) is 0 Å². The number of carbonyl (C=O) groups is 1. The predicted molar refractivity (Wildman–Crippen MR) is 56.8 cm³/mol. The van der Waals surface area contributed by atoms with E-state index in [2.05, 4.69) is 13.8 Å². The molecule has 2 fully saturated rings. The first kappa shape index (κ1) is 11.1. The summed E-state index contributed by atoms with van der Waals surface area (Å²) >= 11 is 0. The number of Topliss-reactive ketones (excluding diaryl/α,β-unsaturated/α-hetero) is 1. The summed E-state index contributed by atoms with van der Waals surface area (Å²) in [7, 11) is 0. The maximum Gasteiger partial charge on any atom is 0.195 e. The van der Waals surface area contributed by atoms with Crippen LogP contribution in [0.3, 0.4) is 0 Å². The van der Waals surface area contributed by atoms with Crippen LogP contribution in [0.25, 0.3) is 0 Å². The van der Waals surface area contributed by atoms with E-state index < -0.39 is 0 Å². The number of ketones is 1. The number of unbranched alkanes of at least 4 members (excludes halogenated alkanes) is 1. The minimum Gasteiger partial charge on any atom is -0.361 e. The predicted octanol–water partition coefficient (Wildman–Crippen LogP) is 2.08. The molecule has 2 rings (SSSR count). The summed E-state index contributed by atoms with van der Waals surface area (Å²) in [5.74, 6) is 0.189. The Hall–Kier alpha value is -0.410. The van der Waals surface area contributed by atoms with Crippen LogP contribution in [0.5, 0.6) is 0 Å². The lowest BCUT2D eigenvalue weighted by atomic mass is 10.1. The van der Waals surface area contributed by atoms with Gasteiger partial charge in [0.2, 0.25) is 0 Å². The van der Waals surface area contributed by atoms with Gasteiger partial charge in [0.25, 0.3) is 0 Å². The third-order valence-corrected chi connectivity index (χ3v) is 3.14. The number of hydrogen-bond acceptors (Lipinski definition) is 3. The molecule has 86 valence electrons. The van der Waals surface area contributed by atoms with Gasteiger partial charge in [-0.05, 0) is 12.8 Å². The molecule has 2 saturated heterocycles. The Balaban J connectivity index is 1.67. The Morgan fingerprint density at radius 1 is 1.00 bits per heavy atom. The molecule has 0 amide bonds. The zero-order chi connectivity index (χ0) is 10.8. The summed E-state index contributed by atoms with van der Waals surface area (Å²) in [5.41, 5.74) is 0. The molecule has 2 heterocycles. The Bertz CT molecular complexity index is 239. The van der Waals surface area contributed by atoms with E-state index in [4.69, 9.17) is 9.47 Å². The van der Waals surface area contributed by atoms with Crippen molar-refractivity contribution in [3.63, 3.8) is 0 Å². The smallest absolute Gasteiger partial charge is 0.195 e. The van der Waals surface area contributed by atoms with Crippen LogP contribution in [-0.2, 0) is 14.3 Å². The highest BCUT2D eigenvalue weighted by atomic mass is 16.6. The second-order valence-corrected chi connectivity index (χ2v) is 4.52. The fourth-order valence-electron chi connectivity index (χ4n) is 2.08. The minimum absolute atomic E-state index is 0.136. The molecule has 0 spiro atoms. The summed E-state index contributed by atoms with van der Waals surface area (Å²) in [6.07, 6.45) is 5.55. The van der Waals surface area contributed by atoms with Crippen LogP contribution in [0.2, 0.25) is 0 Å². The van der Waals surface area contributed by atoms with E-state index in [1.165, 1.54) is 6.42 Å². The first-order chi connectivity index (χ1) is 7.27. The Labute approximate surface area is 91.1 Å². The van der Waals surface area contributed by atoms with E-state index in [1.54, 1.807) is 0 Å². The van der Waals surface area contributed by atoms with E-state index >= 15 is 0 Å². The second kappa shape index (κ2) is 4.62. The van der Waals surface area contributed by atoms with Crippen LogP contribution in [-0.4, -0.2) is 30.2 Å². The van der Waals surface area contributed by atoms with Gasteiger partial charge in [0.15, 0.2) is 5.78 Å². The number of carbonyl (C=O) groups excluding carboxylic acids is 1. The molecular formula is C12H20O3. The summed E-state index contributed by atoms with van der Waals surface area (Å²) in [5, 5.41) is 0. The van der Waals surface area contributed by atoms with Crippen LogP contribution in [0.15, 0.2) is 0 Å². The van der Waals surface area contributed by atoms with Crippen molar-refractivity contribution in [1.29, 1.82) is 0 Å². The van der Waals surface area contributed by atoms with E-state index in [0.717, 1.165) is 25.7 Å². The van der Waals surface area contributed by atoms with E-state index in [1.807, 2.05) is 0 Å². The van der Waals surface area contributed by atoms with Gasteiger partial charge in [-0.2, -0.15) is 0 Å². The maximum absolute atomic E-state index is 11.8. The van der Waals surface area contributed by atoms with Crippen molar-refractivity contribution in [3.8, 4) is 0 Å². The highest BCUT2D eigenvalue weighted by molar-refractivity contribution is 5.92. The third kappa shape index (κ3) is 2.58. The molecule has 2 aliphatic rings. The highest BCUT2D eigenvalue weighted by Gasteiger charge is 2.54. The van der Waals surface area contributed by atoms with Gasteiger partial charge in [-0.3, -0.25) is 4.79 Å². The largest absolute Gasteiger partial charge is 0.361 e. The van der Waals surface area contributed by atoms with Crippen molar-refractivity contribution in [2.24, 2.45) is 0 Å². The average molecular weight is 212 g/mol. The van der Waals surface area contributed by atoms with Gasteiger partial charge in [-0.1, -0.05) is 33.1 Å². The standard InChI is InChI=1S/C12H20O3/c1-3-5-7-9-12(15-9)10(13)11-8(14-11)6-4-2/h8-9,11-12H,3-7H2,1-2H3/t8-,9+,11+,12+/m0/s1. The molecule has 0 unspecified atom stereocenters. The zero-order valence-electron chi connectivity index (χ0n) is 9.57. The number of hydrogen-bond donors (Lipinski definition) is 0. The molecule has 15 heavy (non-hydrogen) atoms. The quantitative estimate of drug-likeness (QED) is 0.607. The Kier molecular flexibility index (Phi) is 3.42. The van der Waals surface area contributed by atoms with Gasteiger partial charge >= 0.3 is 0 Å². The topological polar surface area (TPSA) is 42.1 Å². The lowest BCUT2D eigenvalue weighted by molar-refractivity contribution is -0.121. The normalized spacial score (nSPS) is 37.7. The molecule has 3 heteroatoms. The van der Waals surface area contributed by atoms with Crippen molar-refractivity contribution < 1.29 is 14.3 Å². The Morgan fingerprint density at radius 2 is 1.60 bits per heavy atom. The first-order valence-corrected chi connectivity index (χ1v) is 6.12. The molecule has 4 atom stereocenters. The van der Waals surface area contributed by atoms with Crippen molar-refractivity contribution in [3.05, 3.63) is 0 Å². The molecule has 0 aromatic rings. The SMILES string of the molecule is CCCC[C@H]1O[C@H]1C(=O)[C@@H]1O[C@H]1CCC. The minimum atomic E-state index is -0.137. The second-order valence-electron chi connectivity index (χ2n) is 4.52. The molecule has 0 radical (unpaired) electrons. The number of ether oxygens (including phenoxy) is 2. The fraction of sp³-hybridized carbons (Fsp3) is 0.917. The van der Waals surface area contributed by atoms with Gasteiger partial charge in [0.1, 0.15) is 12.2 Å². The number of epoxide rings is 2. The van der Waals surface area contributed by atoms with Crippen molar-refractivity contribution >= 4 is 5.78 Å². The number of rotatable bonds is 7.